The number of carbonyl (C=O) groups excluding carboxylic acids is 2. The zero-order valence-electron chi connectivity index (χ0n) is 13.9. The maximum absolute atomic E-state index is 12.3. The van der Waals surface area contributed by atoms with Crippen LogP contribution < -0.4 is 15.1 Å². The van der Waals surface area contributed by atoms with Crippen LogP contribution >= 0.6 is 0 Å². The number of benzene rings is 2. The van der Waals surface area contributed by atoms with Crippen LogP contribution in [0, 0.1) is 5.92 Å². The van der Waals surface area contributed by atoms with E-state index >= 15 is 0 Å². The van der Waals surface area contributed by atoms with Crippen LogP contribution in [0.4, 0.5) is 5.69 Å². The van der Waals surface area contributed by atoms with Crippen LogP contribution in [0.2, 0.25) is 0 Å². The number of hydrazone groups is 1. The molecule has 0 saturated carbocycles. The number of hydrogen-bond donors (Lipinski definition) is 1. The smallest absolute Gasteiger partial charge is 0.245 e. The molecule has 6 heteroatoms. The van der Waals surface area contributed by atoms with E-state index in [0.717, 1.165) is 17.0 Å². The molecule has 1 atom stereocenters. The first-order chi connectivity index (χ1) is 12.2. The van der Waals surface area contributed by atoms with Gasteiger partial charge in [0.05, 0.1) is 19.2 Å². The average Bonchev–Trinajstić information content (AvgIpc) is 3.04. The van der Waals surface area contributed by atoms with Crippen molar-refractivity contribution in [3.05, 3.63) is 60.2 Å². The van der Waals surface area contributed by atoms with Crippen molar-refractivity contribution in [2.75, 3.05) is 18.6 Å². The number of nitrogens with zero attached hydrogens (tertiary/aromatic N) is 2. The van der Waals surface area contributed by atoms with E-state index in [2.05, 4.69) is 10.5 Å². The van der Waals surface area contributed by atoms with Gasteiger partial charge in [-0.25, -0.2) is 5.43 Å². The lowest BCUT2D eigenvalue weighted by molar-refractivity contribution is -0.126. The van der Waals surface area contributed by atoms with Gasteiger partial charge in [0.15, 0.2) is 0 Å². The summed E-state index contributed by atoms with van der Waals surface area (Å²) in [7, 11) is 1.59. The maximum Gasteiger partial charge on any atom is 0.245 e. The van der Waals surface area contributed by atoms with E-state index in [0.29, 0.717) is 6.54 Å². The Labute approximate surface area is 146 Å². The zero-order valence-corrected chi connectivity index (χ0v) is 13.9. The summed E-state index contributed by atoms with van der Waals surface area (Å²) in [5.41, 5.74) is 4.13. The van der Waals surface area contributed by atoms with Crippen molar-refractivity contribution in [1.82, 2.24) is 5.43 Å². The molecule has 1 aliphatic heterocycles. The minimum absolute atomic E-state index is 0.0527. The molecule has 0 aromatic heterocycles. The molecular weight excluding hydrogens is 318 g/mol. The number of anilines is 1. The van der Waals surface area contributed by atoms with E-state index < -0.39 is 5.92 Å². The molecule has 25 heavy (non-hydrogen) atoms. The van der Waals surface area contributed by atoms with Crippen molar-refractivity contribution in [3.8, 4) is 5.75 Å². The first-order valence-corrected chi connectivity index (χ1v) is 8.00. The summed E-state index contributed by atoms with van der Waals surface area (Å²) < 4.78 is 5.14. The van der Waals surface area contributed by atoms with Crippen LogP contribution in [0.25, 0.3) is 0 Å². The molecule has 1 heterocycles. The fraction of sp³-hybridized carbons (Fsp3) is 0.211. The zero-order chi connectivity index (χ0) is 17.6. The van der Waals surface area contributed by atoms with Crippen LogP contribution in [0.5, 0.6) is 5.75 Å². The highest BCUT2D eigenvalue weighted by atomic mass is 16.5. The Hall–Kier alpha value is -3.15. The number of nitrogens with one attached hydrogen (secondary N) is 1. The lowest BCUT2D eigenvalue weighted by atomic mass is 10.1. The van der Waals surface area contributed by atoms with Gasteiger partial charge in [0.25, 0.3) is 0 Å². The van der Waals surface area contributed by atoms with Crippen LogP contribution in [-0.4, -0.2) is 31.7 Å². The summed E-state index contributed by atoms with van der Waals surface area (Å²) in [5, 5.41) is 3.97. The van der Waals surface area contributed by atoms with Gasteiger partial charge >= 0.3 is 0 Å². The predicted octanol–water partition coefficient (Wildman–Crippen LogP) is 2.20. The highest BCUT2D eigenvalue weighted by Gasteiger charge is 2.34. The Morgan fingerprint density at radius 3 is 2.80 bits per heavy atom. The second-order valence-electron chi connectivity index (χ2n) is 5.75. The molecule has 128 valence electrons. The van der Waals surface area contributed by atoms with Crippen molar-refractivity contribution >= 4 is 23.7 Å². The lowest BCUT2D eigenvalue weighted by Crippen LogP contribution is -2.30. The molecule has 2 aromatic carbocycles. The summed E-state index contributed by atoms with van der Waals surface area (Å²) in [5.74, 6) is -0.000567. The van der Waals surface area contributed by atoms with Crippen molar-refractivity contribution < 1.29 is 14.3 Å². The number of carbonyl (C=O) groups is 2. The van der Waals surface area contributed by atoms with Gasteiger partial charge in [0.1, 0.15) is 5.75 Å². The van der Waals surface area contributed by atoms with Gasteiger partial charge in [-0.15, -0.1) is 0 Å². The van der Waals surface area contributed by atoms with Gasteiger partial charge in [0, 0.05) is 18.7 Å². The average molecular weight is 337 g/mol. The molecule has 2 amide bonds. The highest BCUT2D eigenvalue weighted by Crippen LogP contribution is 2.24. The van der Waals surface area contributed by atoms with Crippen molar-refractivity contribution in [3.63, 3.8) is 0 Å². The molecule has 0 bridgehead atoms. The first-order valence-electron chi connectivity index (χ1n) is 8.00. The van der Waals surface area contributed by atoms with Crippen molar-refractivity contribution in [2.45, 2.75) is 6.42 Å². The second-order valence-corrected chi connectivity index (χ2v) is 5.75. The molecule has 1 unspecified atom stereocenters. The number of para-hydroxylation sites is 1. The molecular formula is C19H19N3O3. The Balaban J connectivity index is 1.58. The van der Waals surface area contributed by atoms with Gasteiger partial charge in [-0.3, -0.25) is 9.59 Å². The molecule has 6 nitrogen and oxygen atoms in total. The number of methoxy groups -OCH3 is 1. The van der Waals surface area contributed by atoms with E-state index in [9.17, 15) is 9.59 Å². The maximum atomic E-state index is 12.3. The Bertz CT molecular complexity index is 790. The third-order valence-electron chi connectivity index (χ3n) is 4.05. The predicted molar refractivity (Wildman–Crippen MR) is 95.6 cm³/mol. The topological polar surface area (TPSA) is 71.0 Å². The molecule has 1 N–H and O–H groups in total. The van der Waals surface area contributed by atoms with Gasteiger partial charge in [-0.1, -0.05) is 30.3 Å². The summed E-state index contributed by atoms with van der Waals surface area (Å²) in [6.07, 6.45) is 1.74. The van der Waals surface area contributed by atoms with Crippen molar-refractivity contribution in [1.29, 1.82) is 0 Å². The second kappa shape index (κ2) is 7.61. The highest BCUT2D eigenvalue weighted by molar-refractivity contribution is 6.00. The fourth-order valence-electron chi connectivity index (χ4n) is 2.72. The van der Waals surface area contributed by atoms with E-state index in [-0.39, 0.29) is 18.2 Å². The number of rotatable bonds is 5. The molecule has 0 spiro atoms. The lowest BCUT2D eigenvalue weighted by Gasteiger charge is -2.16. The van der Waals surface area contributed by atoms with E-state index in [1.165, 1.54) is 0 Å². The van der Waals surface area contributed by atoms with E-state index in [1.54, 1.807) is 18.2 Å². The minimum atomic E-state index is -0.407. The Morgan fingerprint density at radius 1 is 1.24 bits per heavy atom. The quantitative estimate of drug-likeness (QED) is 0.672. The Kier molecular flexibility index (Phi) is 5.09. The summed E-state index contributed by atoms with van der Waals surface area (Å²) >= 11 is 0. The third-order valence-corrected chi connectivity index (χ3v) is 4.05. The fourth-order valence-corrected chi connectivity index (χ4v) is 2.72. The van der Waals surface area contributed by atoms with Crippen molar-refractivity contribution in [2.24, 2.45) is 11.0 Å². The summed E-state index contributed by atoms with van der Waals surface area (Å²) in [4.78, 5) is 26.0. The first kappa shape index (κ1) is 16.7. The largest absolute Gasteiger partial charge is 0.497 e. The van der Waals surface area contributed by atoms with Gasteiger partial charge in [-0.05, 0) is 29.8 Å². The molecule has 1 aliphatic rings. The number of hydrogen-bond acceptors (Lipinski definition) is 4. The molecule has 0 radical (unpaired) electrons. The van der Waals surface area contributed by atoms with Gasteiger partial charge in [0.2, 0.25) is 11.8 Å². The van der Waals surface area contributed by atoms with Crippen LogP contribution in [0.3, 0.4) is 0 Å². The summed E-state index contributed by atoms with van der Waals surface area (Å²) in [6.45, 7) is 0.364. The molecule has 0 aliphatic carbocycles. The number of amides is 2. The molecule has 1 fully saturated rings. The minimum Gasteiger partial charge on any atom is -0.497 e. The normalized spacial score (nSPS) is 17.1. The summed E-state index contributed by atoms with van der Waals surface area (Å²) in [6, 6.07) is 16.7. The Morgan fingerprint density at radius 2 is 2.04 bits per heavy atom. The van der Waals surface area contributed by atoms with E-state index in [1.807, 2.05) is 54.6 Å². The third kappa shape index (κ3) is 4.03. The van der Waals surface area contributed by atoms with E-state index in [4.69, 9.17) is 4.74 Å². The van der Waals surface area contributed by atoms with Crippen LogP contribution in [0.1, 0.15) is 12.0 Å². The standard InChI is InChI=1S/C19H19N3O3/c1-25-17-9-5-6-14(10-17)12-20-21-19(24)15-11-18(23)22(13-15)16-7-3-2-4-8-16/h2-10,12,15H,11,13H2,1H3,(H,21,24). The van der Waals surface area contributed by atoms with Gasteiger partial charge in [-0.2, -0.15) is 5.10 Å². The molecule has 3 rings (SSSR count). The van der Waals surface area contributed by atoms with Crippen LogP contribution in [0.15, 0.2) is 59.7 Å². The van der Waals surface area contributed by atoms with Crippen LogP contribution in [-0.2, 0) is 9.59 Å². The number of ether oxygens (including phenoxy) is 1. The monoisotopic (exact) mass is 337 g/mol. The molecule has 2 aromatic rings. The molecule has 1 saturated heterocycles. The van der Waals surface area contributed by atoms with Gasteiger partial charge < -0.3 is 9.64 Å². The SMILES string of the molecule is COc1cccc(C=NNC(=O)C2CC(=O)N(c3ccccc3)C2)c1.